The molecular weight excluding hydrogens is 330 g/mol. The van der Waals surface area contributed by atoms with E-state index in [0.29, 0.717) is 13.0 Å². The molecular formula is C18H21N7O. The Kier molecular flexibility index (Phi) is 4.85. The zero-order valence-electron chi connectivity index (χ0n) is 14.3. The van der Waals surface area contributed by atoms with Crippen molar-refractivity contribution in [1.29, 1.82) is 0 Å². The van der Waals surface area contributed by atoms with Gasteiger partial charge in [-0.15, -0.1) is 10.2 Å². The maximum atomic E-state index is 12.3. The van der Waals surface area contributed by atoms with Crippen molar-refractivity contribution in [1.82, 2.24) is 35.8 Å². The number of carbonyl (C=O) groups excluding carboxylic acids is 1. The summed E-state index contributed by atoms with van der Waals surface area (Å²) in [5, 5.41) is 11.3. The molecule has 8 nitrogen and oxygen atoms in total. The van der Waals surface area contributed by atoms with E-state index in [2.05, 4.69) is 31.3 Å². The summed E-state index contributed by atoms with van der Waals surface area (Å²) < 4.78 is 1.97. The van der Waals surface area contributed by atoms with Gasteiger partial charge in [-0.25, -0.2) is 10.9 Å². The number of nitrogens with one attached hydrogen (secondary N) is 3. The zero-order chi connectivity index (χ0) is 17.8. The third kappa shape index (κ3) is 3.56. The van der Waals surface area contributed by atoms with E-state index in [1.165, 1.54) is 0 Å². The van der Waals surface area contributed by atoms with Crippen molar-refractivity contribution in [3.63, 3.8) is 0 Å². The van der Waals surface area contributed by atoms with E-state index in [9.17, 15) is 4.79 Å². The van der Waals surface area contributed by atoms with Crippen LogP contribution in [0.1, 0.15) is 30.3 Å². The van der Waals surface area contributed by atoms with Gasteiger partial charge in [-0.3, -0.25) is 14.2 Å². The molecule has 0 saturated carbocycles. The molecule has 26 heavy (non-hydrogen) atoms. The predicted octanol–water partition coefficient (Wildman–Crippen LogP) is 0.781. The van der Waals surface area contributed by atoms with E-state index in [-0.39, 0.29) is 18.0 Å². The van der Waals surface area contributed by atoms with Crippen LogP contribution in [-0.2, 0) is 11.2 Å². The maximum absolute atomic E-state index is 12.3. The SMILES string of the molecule is O=C(NCCCc1nnc2ccccn12)C1CC(c2cccnc2)NN1. The minimum atomic E-state index is -0.242. The fourth-order valence-corrected chi connectivity index (χ4v) is 3.17. The third-order valence-corrected chi connectivity index (χ3v) is 4.57. The van der Waals surface area contributed by atoms with Crippen molar-refractivity contribution in [2.45, 2.75) is 31.3 Å². The summed E-state index contributed by atoms with van der Waals surface area (Å²) in [7, 11) is 0. The van der Waals surface area contributed by atoms with Crippen molar-refractivity contribution in [3.8, 4) is 0 Å². The van der Waals surface area contributed by atoms with E-state index in [1.54, 1.807) is 6.20 Å². The highest BCUT2D eigenvalue weighted by atomic mass is 16.2. The Hall–Kier alpha value is -2.84. The molecule has 3 aromatic rings. The second kappa shape index (κ2) is 7.59. The summed E-state index contributed by atoms with van der Waals surface area (Å²) in [6.07, 6.45) is 7.80. The summed E-state index contributed by atoms with van der Waals surface area (Å²) in [5.74, 6) is 0.919. The van der Waals surface area contributed by atoms with Gasteiger partial charge in [0.15, 0.2) is 5.65 Å². The molecule has 2 unspecified atom stereocenters. The quantitative estimate of drug-likeness (QED) is 0.568. The van der Waals surface area contributed by atoms with E-state index >= 15 is 0 Å². The Labute approximate surface area is 151 Å². The average Bonchev–Trinajstić information content (AvgIpc) is 3.33. The fraction of sp³-hybridized carbons (Fsp3) is 0.333. The van der Waals surface area contributed by atoms with Gasteiger partial charge in [0.1, 0.15) is 11.9 Å². The molecule has 4 heterocycles. The van der Waals surface area contributed by atoms with Gasteiger partial charge >= 0.3 is 0 Å². The van der Waals surface area contributed by atoms with Gasteiger partial charge in [0.05, 0.1) is 0 Å². The van der Waals surface area contributed by atoms with Crippen LogP contribution in [0.2, 0.25) is 0 Å². The molecule has 0 bridgehead atoms. The maximum Gasteiger partial charge on any atom is 0.238 e. The van der Waals surface area contributed by atoms with E-state index < -0.39 is 0 Å². The summed E-state index contributed by atoms with van der Waals surface area (Å²) in [6.45, 7) is 0.607. The number of aryl methyl sites for hydroxylation is 1. The Bertz CT molecular complexity index is 879. The molecule has 0 aliphatic carbocycles. The Morgan fingerprint density at radius 3 is 3.08 bits per heavy atom. The molecule has 3 N–H and O–H groups in total. The molecule has 0 aromatic carbocycles. The Morgan fingerprint density at radius 1 is 1.23 bits per heavy atom. The first-order valence-electron chi connectivity index (χ1n) is 8.78. The van der Waals surface area contributed by atoms with Gasteiger partial charge in [-0.2, -0.15) is 0 Å². The van der Waals surface area contributed by atoms with Crippen molar-refractivity contribution in [2.24, 2.45) is 0 Å². The molecule has 2 atom stereocenters. The van der Waals surface area contributed by atoms with Crippen molar-refractivity contribution >= 4 is 11.6 Å². The van der Waals surface area contributed by atoms with Gasteiger partial charge in [0.25, 0.3) is 0 Å². The molecule has 0 radical (unpaired) electrons. The number of carbonyl (C=O) groups is 1. The molecule has 4 rings (SSSR count). The number of rotatable bonds is 6. The normalized spacial score (nSPS) is 19.7. The monoisotopic (exact) mass is 351 g/mol. The number of hydrogen-bond donors (Lipinski definition) is 3. The van der Waals surface area contributed by atoms with Crippen molar-refractivity contribution in [3.05, 3.63) is 60.3 Å². The van der Waals surface area contributed by atoms with Gasteiger partial charge in [-0.05, 0) is 36.6 Å². The number of amides is 1. The molecule has 134 valence electrons. The fourth-order valence-electron chi connectivity index (χ4n) is 3.17. The van der Waals surface area contributed by atoms with Gasteiger partial charge in [-0.1, -0.05) is 12.1 Å². The summed E-state index contributed by atoms with van der Waals surface area (Å²) in [4.78, 5) is 16.5. The van der Waals surface area contributed by atoms with Crippen molar-refractivity contribution in [2.75, 3.05) is 6.54 Å². The van der Waals surface area contributed by atoms with Crippen LogP contribution in [0.5, 0.6) is 0 Å². The Balaban J connectivity index is 1.23. The zero-order valence-corrected chi connectivity index (χ0v) is 14.3. The highest BCUT2D eigenvalue weighted by molar-refractivity contribution is 5.82. The molecule has 8 heteroatoms. The van der Waals surface area contributed by atoms with Gasteiger partial charge in [0, 0.05) is 37.6 Å². The second-order valence-electron chi connectivity index (χ2n) is 6.36. The van der Waals surface area contributed by atoms with Crippen molar-refractivity contribution < 1.29 is 4.79 Å². The minimum absolute atomic E-state index is 0.00925. The van der Waals surface area contributed by atoms with Crippen LogP contribution < -0.4 is 16.2 Å². The molecule has 1 aliphatic rings. The largest absolute Gasteiger partial charge is 0.355 e. The minimum Gasteiger partial charge on any atom is -0.355 e. The van der Waals surface area contributed by atoms with Crippen LogP contribution in [0.25, 0.3) is 5.65 Å². The standard InChI is InChI=1S/C18H21N7O/c26-18(15-11-14(21-22-15)13-5-3-8-19-12-13)20-9-4-7-17-24-23-16-6-1-2-10-25(16)17/h1-3,5-6,8,10,12,14-15,21-22H,4,7,9,11H2,(H,20,26). The Morgan fingerprint density at radius 2 is 2.19 bits per heavy atom. The lowest BCUT2D eigenvalue weighted by molar-refractivity contribution is -0.122. The van der Waals surface area contributed by atoms with Gasteiger partial charge < -0.3 is 5.32 Å². The summed E-state index contributed by atoms with van der Waals surface area (Å²) >= 11 is 0. The lowest BCUT2D eigenvalue weighted by Crippen LogP contribution is -2.43. The topological polar surface area (TPSA) is 96.2 Å². The van der Waals surface area contributed by atoms with Crippen LogP contribution in [0.15, 0.2) is 48.9 Å². The second-order valence-corrected chi connectivity index (χ2v) is 6.36. The van der Waals surface area contributed by atoms with Crippen LogP contribution >= 0.6 is 0 Å². The lowest BCUT2D eigenvalue weighted by Gasteiger charge is -2.10. The summed E-state index contributed by atoms with van der Waals surface area (Å²) in [6, 6.07) is 9.59. The van der Waals surface area contributed by atoms with Gasteiger partial charge in [0.2, 0.25) is 5.91 Å². The van der Waals surface area contributed by atoms with E-state index in [0.717, 1.165) is 29.9 Å². The first kappa shape index (κ1) is 16.6. The lowest BCUT2D eigenvalue weighted by atomic mass is 10.0. The average molecular weight is 351 g/mol. The number of hydrogen-bond acceptors (Lipinski definition) is 6. The molecule has 1 saturated heterocycles. The van der Waals surface area contributed by atoms with Crippen LogP contribution in [0, 0.1) is 0 Å². The molecule has 1 fully saturated rings. The number of hydrazine groups is 1. The first-order chi connectivity index (χ1) is 12.8. The number of pyridine rings is 2. The van der Waals surface area contributed by atoms with E-state index in [4.69, 9.17) is 0 Å². The molecule has 0 spiro atoms. The number of fused-ring (bicyclic) bond motifs is 1. The predicted molar refractivity (Wildman–Crippen MR) is 96.0 cm³/mol. The highest BCUT2D eigenvalue weighted by Crippen LogP contribution is 2.21. The number of nitrogens with zero attached hydrogens (tertiary/aromatic N) is 4. The van der Waals surface area contributed by atoms with Crippen LogP contribution in [-0.4, -0.2) is 38.1 Å². The first-order valence-corrected chi connectivity index (χ1v) is 8.78. The summed E-state index contributed by atoms with van der Waals surface area (Å²) in [5.41, 5.74) is 8.15. The van der Waals surface area contributed by atoms with E-state index in [1.807, 2.05) is 47.1 Å². The molecule has 1 amide bonds. The van der Waals surface area contributed by atoms with Crippen LogP contribution in [0.3, 0.4) is 0 Å². The smallest absolute Gasteiger partial charge is 0.238 e. The highest BCUT2D eigenvalue weighted by Gasteiger charge is 2.29. The molecule has 3 aromatic heterocycles. The number of aromatic nitrogens is 4. The third-order valence-electron chi connectivity index (χ3n) is 4.57. The molecule has 1 aliphatic heterocycles. The van der Waals surface area contributed by atoms with Crippen LogP contribution in [0.4, 0.5) is 0 Å².